The van der Waals surface area contributed by atoms with Crippen LogP contribution in [0.1, 0.15) is 33.1 Å². The van der Waals surface area contributed by atoms with Gasteiger partial charge in [-0.2, -0.15) is 0 Å². The maximum atomic E-state index is 10.8. The third kappa shape index (κ3) is 9.68. The minimum Gasteiger partial charge on any atom is -0.382 e. The van der Waals surface area contributed by atoms with Gasteiger partial charge < -0.3 is 14.3 Å². The molecule has 0 saturated heterocycles. The Hall–Kier alpha value is -0.410. The van der Waals surface area contributed by atoms with Gasteiger partial charge in [0.1, 0.15) is 5.78 Å². The average molecular weight is 202 g/mol. The molecule has 3 nitrogen and oxygen atoms in total. The van der Waals surface area contributed by atoms with E-state index < -0.39 is 0 Å². The number of carbonyl (C=O) groups is 1. The third-order valence-electron chi connectivity index (χ3n) is 2.05. The van der Waals surface area contributed by atoms with Gasteiger partial charge in [-0.25, -0.2) is 0 Å². The summed E-state index contributed by atoms with van der Waals surface area (Å²) in [5.74, 6) is 0.760. The van der Waals surface area contributed by atoms with Crippen molar-refractivity contribution >= 4 is 5.78 Å². The molecule has 0 amide bonds. The van der Waals surface area contributed by atoms with Gasteiger partial charge in [-0.1, -0.05) is 6.92 Å². The summed E-state index contributed by atoms with van der Waals surface area (Å²) in [6.07, 6.45) is 2.78. The number of ketones is 1. The fourth-order valence-corrected chi connectivity index (χ4v) is 1.37. The molecule has 0 aliphatic heterocycles. The quantitative estimate of drug-likeness (QED) is 0.537. The molecule has 0 saturated carbocycles. The maximum absolute atomic E-state index is 10.8. The van der Waals surface area contributed by atoms with Crippen LogP contribution >= 0.6 is 0 Å². The first-order chi connectivity index (χ1) is 6.66. The Balaban J connectivity index is 3.14. The van der Waals surface area contributed by atoms with Crippen molar-refractivity contribution in [1.82, 2.24) is 0 Å². The molecule has 0 aromatic carbocycles. The van der Waals surface area contributed by atoms with E-state index in [0.717, 1.165) is 19.4 Å². The summed E-state index contributed by atoms with van der Waals surface area (Å²) >= 11 is 0. The maximum Gasteiger partial charge on any atom is 0.130 e. The number of methoxy groups -OCH3 is 1. The Morgan fingerprint density at radius 1 is 1.29 bits per heavy atom. The third-order valence-corrected chi connectivity index (χ3v) is 2.05. The molecule has 84 valence electrons. The zero-order valence-electron chi connectivity index (χ0n) is 9.54. The number of hydrogen-bond donors (Lipinski definition) is 0. The average Bonchev–Trinajstić information content (AvgIpc) is 2.10. The molecule has 0 spiro atoms. The number of ether oxygens (including phenoxy) is 2. The Labute approximate surface area is 86.8 Å². The van der Waals surface area contributed by atoms with E-state index in [0.29, 0.717) is 25.6 Å². The van der Waals surface area contributed by atoms with Crippen molar-refractivity contribution in [2.75, 3.05) is 26.9 Å². The fourth-order valence-electron chi connectivity index (χ4n) is 1.37. The van der Waals surface area contributed by atoms with Gasteiger partial charge in [0.2, 0.25) is 0 Å². The first-order valence-corrected chi connectivity index (χ1v) is 5.23. The van der Waals surface area contributed by atoms with Crippen molar-refractivity contribution in [1.29, 1.82) is 0 Å². The second-order valence-corrected chi connectivity index (χ2v) is 3.76. The van der Waals surface area contributed by atoms with Gasteiger partial charge in [-0.05, 0) is 25.7 Å². The van der Waals surface area contributed by atoms with Crippen LogP contribution in [-0.4, -0.2) is 32.7 Å². The van der Waals surface area contributed by atoms with Crippen LogP contribution < -0.4 is 0 Å². The lowest BCUT2D eigenvalue weighted by atomic mass is 10.0. The summed E-state index contributed by atoms with van der Waals surface area (Å²) < 4.78 is 10.2. The summed E-state index contributed by atoms with van der Waals surface area (Å²) in [5.41, 5.74) is 0. The summed E-state index contributed by atoms with van der Waals surface area (Å²) in [5, 5.41) is 0. The SMILES string of the molecule is COCCOCCCC(C)CC(C)=O. The van der Waals surface area contributed by atoms with Crippen molar-refractivity contribution in [2.45, 2.75) is 33.1 Å². The summed E-state index contributed by atoms with van der Waals surface area (Å²) in [6.45, 7) is 5.84. The predicted molar refractivity (Wildman–Crippen MR) is 56.4 cm³/mol. The van der Waals surface area contributed by atoms with Gasteiger partial charge in [0, 0.05) is 20.1 Å². The van der Waals surface area contributed by atoms with Crippen LogP contribution in [0.15, 0.2) is 0 Å². The van der Waals surface area contributed by atoms with Crippen molar-refractivity contribution in [3.63, 3.8) is 0 Å². The molecule has 0 N–H and O–H groups in total. The molecule has 1 atom stereocenters. The molecule has 0 aliphatic carbocycles. The molecule has 1 unspecified atom stereocenters. The van der Waals surface area contributed by atoms with E-state index in [1.807, 2.05) is 0 Å². The minimum absolute atomic E-state index is 0.276. The van der Waals surface area contributed by atoms with Crippen LogP contribution in [0.5, 0.6) is 0 Å². The molecule has 0 bridgehead atoms. The highest BCUT2D eigenvalue weighted by Gasteiger charge is 2.04. The van der Waals surface area contributed by atoms with Crippen LogP contribution in [0.4, 0.5) is 0 Å². The lowest BCUT2D eigenvalue weighted by Gasteiger charge is -2.08. The standard InChI is InChI=1S/C11H22O3/c1-10(9-11(2)12)5-4-6-14-8-7-13-3/h10H,4-9H2,1-3H3. The van der Waals surface area contributed by atoms with E-state index in [1.54, 1.807) is 14.0 Å². The topological polar surface area (TPSA) is 35.5 Å². The van der Waals surface area contributed by atoms with Gasteiger partial charge >= 0.3 is 0 Å². The second kappa shape index (κ2) is 9.16. The van der Waals surface area contributed by atoms with Gasteiger partial charge in [-0.15, -0.1) is 0 Å². The van der Waals surface area contributed by atoms with E-state index in [1.165, 1.54) is 0 Å². The fraction of sp³-hybridized carbons (Fsp3) is 0.909. The number of Topliss-reactive ketones (excluding diaryl/α,β-unsaturated/α-hetero) is 1. The predicted octanol–water partition coefficient (Wildman–Crippen LogP) is 2.04. The number of rotatable bonds is 9. The van der Waals surface area contributed by atoms with Crippen molar-refractivity contribution in [3.8, 4) is 0 Å². The van der Waals surface area contributed by atoms with Gasteiger partial charge in [0.25, 0.3) is 0 Å². The summed E-state index contributed by atoms with van der Waals surface area (Å²) in [6, 6.07) is 0. The Morgan fingerprint density at radius 3 is 2.57 bits per heavy atom. The number of carbonyl (C=O) groups excluding carboxylic acids is 1. The summed E-state index contributed by atoms with van der Waals surface area (Å²) in [4.78, 5) is 10.8. The minimum atomic E-state index is 0.276. The zero-order chi connectivity index (χ0) is 10.8. The molecular formula is C11H22O3. The van der Waals surface area contributed by atoms with Gasteiger partial charge in [0.05, 0.1) is 13.2 Å². The zero-order valence-corrected chi connectivity index (χ0v) is 9.54. The van der Waals surface area contributed by atoms with Gasteiger partial charge in [-0.3, -0.25) is 0 Å². The van der Waals surface area contributed by atoms with Gasteiger partial charge in [0.15, 0.2) is 0 Å². The van der Waals surface area contributed by atoms with Crippen LogP contribution in [-0.2, 0) is 14.3 Å². The van der Waals surface area contributed by atoms with E-state index in [2.05, 4.69) is 6.92 Å². The van der Waals surface area contributed by atoms with Crippen molar-refractivity contribution in [2.24, 2.45) is 5.92 Å². The van der Waals surface area contributed by atoms with Crippen molar-refractivity contribution < 1.29 is 14.3 Å². The lowest BCUT2D eigenvalue weighted by molar-refractivity contribution is -0.117. The van der Waals surface area contributed by atoms with E-state index >= 15 is 0 Å². The first-order valence-electron chi connectivity index (χ1n) is 5.23. The summed E-state index contributed by atoms with van der Waals surface area (Å²) in [7, 11) is 1.66. The van der Waals surface area contributed by atoms with Crippen LogP contribution in [0.25, 0.3) is 0 Å². The highest BCUT2D eigenvalue weighted by atomic mass is 16.5. The number of hydrogen-bond acceptors (Lipinski definition) is 3. The Morgan fingerprint density at radius 2 is 2.00 bits per heavy atom. The molecule has 0 aromatic heterocycles. The molecule has 14 heavy (non-hydrogen) atoms. The van der Waals surface area contributed by atoms with E-state index in [9.17, 15) is 4.79 Å². The van der Waals surface area contributed by atoms with E-state index in [-0.39, 0.29) is 5.78 Å². The first kappa shape index (κ1) is 13.6. The van der Waals surface area contributed by atoms with Crippen LogP contribution in [0, 0.1) is 5.92 Å². The van der Waals surface area contributed by atoms with Crippen molar-refractivity contribution in [3.05, 3.63) is 0 Å². The van der Waals surface area contributed by atoms with Crippen LogP contribution in [0.3, 0.4) is 0 Å². The Bertz CT molecular complexity index is 145. The monoisotopic (exact) mass is 202 g/mol. The molecule has 3 heteroatoms. The molecule has 0 aliphatic rings. The normalized spacial score (nSPS) is 12.8. The molecule has 0 fully saturated rings. The smallest absolute Gasteiger partial charge is 0.130 e. The molecule has 0 heterocycles. The lowest BCUT2D eigenvalue weighted by Crippen LogP contribution is -2.06. The van der Waals surface area contributed by atoms with E-state index in [4.69, 9.17) is 9.47 Å². The molecule has 0 aromatic rings. The molecule has 0 radical (unpaired) electrons. The molecule has 0 rings (SSSR count). The largest absolute Gasteiger partial charge is 0.382 e. The molecular weight excluding hydrogens is 180 g/mol. The second-order valence-electron chi connectivity index (χ2n) is 3.76. The Kier molecular flexibility index (Phi) is 8.89. The highest BCUT2D eigenvalue weighted by Crippen LogP contribution is 2.10. The van der Waals surface area contributed by atoms with Crippen LogP contribution in [0.2, 0.25) is 0 Å². The highest BCUT2D eigenvalue weighted by molar-refractivity contribution is 5.75.